The molecule has 1 aromatic heterocycles. The smallest absolute Gasteiger partial charge is 0.388 e. The molecule has 0 unspecified atom stereocenters. The van der Waals surface area contributed by atoms with E-state index in [1.54, 1.807) is 6.07 Å². The number of ether oxygens (including phenoxy) is 1. The summed E-state index contributed by atoms with van der Waals surface area (Å²) in [6.45, 7) is -2.91. The highest BCUT2D eigenvalue weighted by Gasteiger charge is 2.45. The summed E-state index contributed by atoms with van der Waals surface area (Å²) in [5.74, 6) is -1.30. The molecular weight excluding hydrogens is 292 g/mol. The van der Waals surface area contributed by atoms with Crippen LogP contribution in [0.15, 0.2) is 42.6 Å². The van der Waals surface area contributed by atoms with E-state index < -0.39 is 12.6 Å². The lowest BCUT2D eigenvalue weighted by molar-refractivity contribution is -0.138. The fourth-order valence-corrected chi connectivity index (χ4v) is 2.60. The van der Waals surface area contributed by atoms with Crippen LogP contribution in [0, 0.1) is 5.92 Å². The van der Waals surface area contributed by atoms with Crippen LogP contribution in [-0.4, -0.2) is 22.7 Å². The van der Waals surface area contributed by atoms with Crippen molar-refractivity contribution in [3.63, 3.8) is 0 Å². The lowest BCUT2D eigenvalue weighted by atomic mass is 9.97. The van der Waals surface area contributed by atoms with E-state index in [1.807, 2.05) is 24.3 Å². The van der Waals surface area contributed by atoms with Crippen LogP contribution in [0.4, 0.5) is 8.78 Å². The average Bonchev–Trinajstić information content (AvgIpc) is 3.28. The van der Waals surface area contributed by atoms with E-state index in [9.17, 15) is 13.6 Å². The number of halogens is 2. The predicted octanol–water partition coefficient (Wildman–Crippen LogP) is 3.54. The summed E-state index contributed by atoms with van der Waals surface area (Å²) in [6.07, 6.45) is 2.07. The standard InChI is InChI=1S/C16H13F2NO3/c17-16(18)22-14-6-5-9(8-19-14)10-3-1-2-4-11(10)12-7-13(12)15(20)21/h1-6,8,12-13,16H,7H2,(H,20,21)/t12-,13+/m0/s1. The summed E-state index contributed by atoms with van der Waals surface area (Å²) < 4.78 is 28.5. The zero-order valence-electron chi connectivity index (χ0n) is 11.4. The van der Waals surface area contributed by atoms with Crippen LogP contribution >= 0.6 is 0 Å². The molecule has 1 saturated carbocycles. The third-order valence-corrected chi connectivity index (χ3v) is 3.73. The van der Waals surface area contributed by atoms with Gasteiger partial charge in [0.1, 0.15) is 0 Å². The van der Waals surface area contributed by atoms with Crippen molar-refractivity contribution in [3.05, 3.63) is 48.2 Å². The Balaban J connectivity index is 1.88. The molecule has 0 radical (unpaired) electrons. The number of hydrogen-bond acceptors (Lipinski definition) is 3. The Morgan fingerprint density at radius 2 is 2.05 bits per heavy atom. The molecule has 1 heterocycles. The Labute approximate surface area is 125 Å². The van der Waals surface area contributed by atoms with Gasteiger partial charge in [-0.05, 0) is 29.5 Å². The molecule has 1 fully saturated rings. The lowest BCUT2D eigenvalue weighted by Crippen LogP contribution is -2.03. The Morgan fingerprint density at radius 3 is 2.64 bits per heavy atom. The average molecular weight is 305 g/mol. The van der Waals surface area contributed by atoms with E-state index in [-0.39, 0.29) is 17.7 Å². The van der Waals surface area contributed by atoms with Crippen molar-refractivity contribution in [2.45, 2.75) is 19.0 Å². The van der Waals surface area contributed by atoms with E-state index >= 15 is 0 Å². The zero-order chi connectivity index (χ0) is 15.7. The Morgan fingerprint density at radius 1 is 1.27 bits per heavy atom. The number of aliphatic carboxylic acids is 1. The van der Waals surface area contributed by atoms with Gasteiger partial charge in [-0.1, -0.05) is 24.3 Å². The molecule has 2 aromatic rings. The minimum absolute atomic E-state index is 0.00862. The SMILES string of the molecule is O=C(O)[C@@H]1C[C@H]1c1ccccc1-c1ccc(OC(F)F)nc1. The largest absolute Gasteiger partial charge is 0.481 e. The van der Waals surface area contributed by atoms with Gasteiger partial charge in [-0.2, -0.15) is 8.78 Å². The van der Waals surface area contributed by atoms with E-state index in [0.717, 1.165) is 16.7 Å². The number of carboxylic acids is 1. The monoisotopic (exact) mass is 305 g/mol. The van der Waals surface area contributed by atoms with Crippen molar-refractivity contribution < 1.29 is 23.4 Å². The first-order valence-electron chi connectivity index (χ1n) is 6.79. The number of pyridine rings is 1. The third kappa shape index (κ3) is 2.90. The molecule has 0 aliphatic heterocycles. The van der Waals surface area contributed by atoms with Gasteiger partial charge >= 0.3 is 12.6 Å². The summed E-state index contributed by atoms with van der Waals surface area (Å²) in [6, 6.07) is 10.5. The molecule has 1 N–H and O–H groups in total. The zero-order valence-corrected chi connectivity index (χ0v) is 11.4. The minimum atomic E-state index is -2.91. The molecule has 0 saturated heterocycles. The van der Waals surface area contributed by atoms with Crippen LogP contribution in [0.1, 0.15) is 17.9 Å². The van der Waals surface area contributed by atoms with Crippen LogP contribution in [0.25, 0.3) is 11.1 Å². The van der Waals surface area contributed by atoms with Gasteiger partial charge in [-0.3, -0.25) is 4.79 Å². The number of carboxylic acid groups (broad SMARTS) is 1. The quantitative estimate of drug-likeness (QED) is 0.918. The molecule has 22 heavy (non-hydrogen) atoms. The van der Waals surface area contributed by atoms with E-state index in [0.29, 0.717) is 6.42 Å². The van der Waals surface area contributed by atoms with Gasteiger partial charge in [0.2, 0.25) is 5.88 Å². The highest BCUT2D eigenvalue weighted by atomic mass is 19.3. The van der Waals surface area contributed by atoms with Crippen molar-refractivity contribution in [1.29, 1.82) is 0 Å². The topological polar surface area (TPSA) is 59.4 Å². The number of nitrogens with zero attached hydrogens (tertiary/aromatic N) is 1. The van der Waals surface area contributed by atoms with E-state index in [1.165, 1.54) is 12.3 Å². The summed E-state index contributed by atoms with van der Waals surface area (Å²) in [4.78, 5) is 14.9. The molecular formula is C16H13F2NO3. The maximum Gasteiger partial charge on any atom is 0.388 e. The normalized spacial score (nSPS) is 20.0. The minimum Gasteiger partial charge on any atom is -0.481 e. The number of alkyl halides is 2. The van der Waals surface area contributed by atoms with Gasteiger partial charge in [-0.15, -0.1) is 0 Å². The molecule has 1 aliphatic rings. The maximum absolute atomic E-state index is 12.1. The van der Waals surface area contributed by atoms with Gasteiger partial charge < -0.3 is 9.84 Å². The summed E-state index contributed by atoms with van der Waals surface area (Å²) in [5, 5.41) is 9.07. The second kappa shape index (κ2) is 5.71. The van der Waals surface area contributed by atoms with Gasteiger partial charge in [-0.25, -0.2) is 4.98 Å². The Kier molecular flexibility index (Phi) is 3.75. The fourth-order valence-electron chi connectivity index (χ4n) is 2.60. The molecule has 0 bridgehead atoms. The van der Waals surface area contributed by atoms with Gasteiger partial charge in [0.05, 0.1) is 5.92 Å². The van der Waals surface area contributed by atoms with Gasteiger partial charge in [0, 0.05) is 17.8 Å². The van der Waals surface area contributed by atoms with Gasteiger partial charge in [0.25, 0.3) is 0 Å². The predicted molar refractivity (Wildman–Crippen MR) is 74.8 cm³/mol. The Bertz CT molecular complexity index is 688. The van der Waals surface area contributed by atoms with Crippen LogP contribution in [0.2, 0.25) is 0 Å². The fraction of sp³-hybridized carbons (Fsp3) is 0.250. The molecule has 6 heteroatoms. The first-order valence-corrected chi connectivity index (χ1v) is 6.79. The highest BCUT2D eigenvalue weighted by molar-refractivity contribution is 5.77. The van der Waals surface area contributed by atoms with Crippen LogP contribution in [-0.2, 0) is 4.79 Å². The van der Waals surface area contributed by atoms with Crippen LogP contribution in [0.3, 0.4) is 0 Å². The Hall–Kier alpha value is -2.50. The lowest BCUT2D eigenvalue weighted by Gasteiger charge is -2.10. The highest BCUT2D eigenvalue weighted by Crippen LogP contribution is 2.50. The molecule has 0 spiro atoms. The van der Waals surface area contributed by atoms with E-state index in [4.69, 9.17) is 5.11 Å². The first-order chi connectivity index (χ1) is 10.6. The summed E-state index contributed by atoms with van der Waals surface area (Å²) in [7, 11) is 0. The molecule has 4 nitrogen and oxygen atoms in total. The summed E-state index contributed by atoms with van der Waals surface area (Å²) >= 11 is 0. The number of rotatable bonds is 5. The van der Waals surface area contributed by atoms with E-state index in [2.05, 4.69) is 9.72 Å². The third-order valence-electron chi connectivity index (χ3n) is 3.73. The van der Waals surface area contributed by atoms with Crippen molar-refractivity contribution in [3.8, 4) is 17.0 Å². The molecule has 114 valence electrons. The molecule has 1 aromatic carbocycles. The van der Waals surface area contributed by atoms with Crippen LogP contribution < -0.4 is 4.74 Å². The van der Waals surface area contributed by atoms with Crippen molar-refractivity contribution in [2.24, 2.45) is 5.92 Å². The molecule has 3 rings (SSSR count). The summed E-state index contributed by atoms with van der Waals surface area (Å²) in [5.41, 5.74) is 2.56. The second-order valence-corrected chi connectivity index (χ2v) is 5.14. The molecule has 2 atom stereocenters. The molecule has 1 aliphatic carbocycles. The number of carbonyl (C=O) groups is 1. The van der Waals surface area contributed by atoms with Crippen molar-refractivity contribution in [2.75, 3.05) is 0 Å². The van der Waals surface area contributed by atoms with Crippen LogP contribution in [0.5, 0.6) is 5.88 Å². The molecule has 0 amide bonds. The van der Waals surface area contributed by atoms with Gasteiger partial charge in [0.15, 0.2) is 0 Å². The number of hydrogen-bond donors (Lipinski definition) is 1. The first kappa shape index (κ1) is 14.4. The second-order valence-electron chi connectivity index (χ2n) is 5.14. The number of aromatic nitrogens is 1. The number of benzene rings is 1. The van der Waals surface area contributed by atoms with Crippen molar-refractivity contribution in [1.82, 2.24) is 4.98 Å². The van der Waals surface area contributed by atoms with Crippen molar-refractivity contribution >= 4 is 5.97 Å². The maximum atomic E-state index is 12.1.